The smallest absolute Gasteiger partial charge is 0.119 e. The van der Waals surface area contributed by atoms with Crippen molar-refractivity contribution < 1.29 is 9.47 Å². The van der Waals surface area contributed by atoms with Crippen molar-refractivity contribution in [1.29, 1.82) is 0 Å². The fraction of sp³-hybridized carbons (Fsp3) is 0.292. The van der Waals surface area contributed by atoms with Crippen LogP contribution in [-0.4, -0.2) is 38.4 Å². The Morgan fingerprint density at radius 3 is 2.38 bits per heavy atom. The number of aromatic nitrogens is 1. The van der Waals surface area contributed by atoms with Gasteiger partial charge in [-0.2, -0.15) is 0 Å². The fourth-order valence-electron chi connectivity index (χ4n) is 3.64. The number of rotatable bonds is 7. The first-order valence-electron chi connectivity index (χ1n) is 10.0. The van der Waals surface area contributed by atoms with E-state index in [2.05, 4.69) is 63.3 Å². The Kier molecular flexibility index (Phi) is 6.27. The van der Waals surface area contributed by atoms with Crippen molar-refractivity contribution in [2.24, 2.45) is 0 Å². The summed E-state index contributed by atoms with van der Waals surface area (Å²) in [6.45, 7) is 5.14. The van der Waals surface area contributed by atoms with Crippen LogP contribution in [0.25, 0.3) is 0 Å². The lowest BCUT2D eigenvalue weighted by molar-refractivity contribution is 0.122. The summed E-state index contributed by atoms with van der Waals surface area (Å²) in [4.78, 5) is 8.91. The molecule has 0 atom stereocenters. The Morgan fingerprint density at radius 2 is 1.66 bits per heavy atom. The summed E-state index contributed by atoms with van der Waals surface area (Å²) in [7, 11) is 1.70. The molecule has 0 N–H and O–H groups in total. The van der Waals surface area contributed by atoms with Crippen LogP contribution in [-0.2, 0) is 17.8 Å². The van der Waals surface area contributed by atoms with E-state index in [1.165, 1.54) is 16.8 Å². The van der Waals surface area contributed by atoms with Gasteiger partial charge in [0, 0.05) is 49.9 Å². The quantitative estimate of drug-likeness (QED) is 0.607. The number of benzene rings is 2. The van der Waals surface area contributed by atoms with Crippen LogP contribution < -0.4 is 14.5 Å². The van der Waals surface area contributed by atoms with Gasteiger partial charge in [-0.05, 0) is 47.5 Å². The van der Waals surface area contributed by atoms with E-state index in [1.807, 2.05) is 24.5 Å². The molecule has 1 fully saturated rings. The van der Waals surface area contributed by atoms with E-state index in [1.54, 1.807) is 7.11 Å². The predicted octanol–water partition coefficient (Wildman–Crippen LogP) is 4.13. The van der Waals surface area contributed by atoms with Crippen LogP contribution >= 0.6 is 0 Å². The Morgan fingerprint density at radius 1 is 0.931 bits per heavy atom. The summed E-state index contributed by atoms with van der Waals surface area (Å²) < 4.78 is 10.8. The van der Waals surface area contributed by atoms with E-state index in [0.717, 1.165) is 50.8 Å². The fourth-order valence-corrected chi connectivity index (χ4v) is 3.64. The number of anilines is 2. The summed E-state index contributed by atoms with van der Waals surface area (Å²) in [6.07, 6.45) is 3.69. The normalized spacial score (nSPS) is 13.9. The number of ether oxygens (including phenoxy) is 2. The van der Waals surface area contributed by atoms with Gasteiger partial charge in [-0.25, -0.2) is 0 Å². The minimum Gasteiger partial charge on any atom is -0.497 e. The number of methoxy groups -OCH3 is 1. The van der Waals surface area contributed by atoms with E-state index >= 15 is 0 Å². The molecule has 0 amide bonds. The first-order chi connectivity index (χ1) is 14.3. The highest BCUT2D eigenvalue weighted by atomic mass is 16.5. The average molecular weight is 389 g/mol. The standard InChI is InChI=1S/C24H27N3O2/c1-28-24-4-2-3-21(17-24)19-27(23-9-11-25-12-10-23)18-20-5-7-22(8-6-20)26-13-15-29-16-14-26/h2-12,17H,13-16,18-19H2,1H3. The maximum Gasteiger partial charge on any atom is 0.119 e. The molecule has 0 unspecified atom stereocenters. The summed E-state index contributed by atoms with van der Waals surface area (Å²) in [5.41, 5.74) is 4.91. The molecule has 4 rings (SSSR count). The highest BCUT2D eigenvalue weighted by Gasteiger charge is 2.12. The molecule has 2 aromatic carbocycles. The highest BCUT2D eigenvalue weighted by molar-refractivity contribution is 5.50. The molecule has 0 spiro atoms. The number of hydrogen-bond acceptors (Lipinski definition) is 5. The topological polar surface area (TPSA) is 37.8 Å². The first-order valence-corrected chi connectivity index (χ1v) is 10.0. The third-order valence-corrected chi connectivity index (χ3v) is 5.22. The molecule has 150 valence electrons. The molecule has 0 aliphatic carbocycles. The van der Waals surface area contributed by atoms with Crippen molar-refractivity contribution in [2.45, 2.75) is 13.1 Å². The Balaban J connectivity index is 1.52. The molecule has 29 heavy (non-hydrogen) atoms. The Labute approximate surface area is 172 Å². The third-order valence-electron chi connectivity index (χ3n) is 5.22. The maximum atomic E-state index is 5.46. The summed E-state index contributed by atoms with van der Waals surface area (Å²) in [6, 6.07) is 21.3. The number of morpholine rings is 1. The van der Waals surface area contributed by atoms with E-state index in [0.29, 0.717) is 0 Å². The minimum atomic E-state index is 0.798. The van der Waals surface area contributed by atoms with Gasteiger partial charge in [0.2, 0.25) is 0 Å². The molecule has 5 heteroatoms. The van der Waals surface area contributed by atoms with Crippen molar-refractivity contribution in [1.82, 2.24) is 4.98 Å². The van der Waals surface area contributed by atoms with Gasteiger partial charge >= 0.3 is 0 Å². The van der Waals surface area contributed by atoms with E-state index in [4.69, 9.17) is 9.47 Å². The van der Waals surface area contributed by atoms with Crippen LogP contribution in [0.15, 0.2) is 73.1 Å². The first kappa shape index (κ1) is 19.3. The van der Waals surface area contributed by atoms with Gasteiger partial charge in [0.25, 0.3) is 0 Å². The molecule has 0 saturated carbocycles. The molecule has 1 aromatic heterocycles. The molecular formula is C24H27N3O2. The molecule has 1 aliphatic heterocycles. The van der Waals surface area contributed by atoms with Crippen LogP contribution in [0, 0.1) is 0 Å². The van der Waals surface area contributed by atoms with Gasteiger partial charge in [0.05, 0.1) is 20.3 Å². The average Bonchev–Trinajstić information content (AvgIpc) is 2.80. The van der Waals surface area contributed by atoms with E-state index in [-0.39, 0.29) is 0 Å². The third kappa shape index (κ3) is 5.06. The lowest BCUT2D eigenvalue weighted by Crippen LogP contribution is -2.36. The highest BCUT2D eigenvalue weighted by Crippen LogP contribution is 2.23. The summed E-state index contributed by atoms with van der Waals surface area (Å²) in [5.74, 6) is 0.882. The van der Waals surface area contributed by atoms with Crippen molar-refractivity contribution >= 4 is 11.4 Å². The molecule has 0 radical (unpaired) electrons. The van der Waals surface area contributed by atoms with Crippen LogP contribution in [0.2, 0.25) is 0 Å². The zero-order valence-electron chi connectivity index (χ0n) is 16.8. The van der Waals surface area contributed by atoms with Gasteiger partial charge in [-0.3, -0.25) is 4.98 Å². The van der Waals surface area contributed by atoms with Crippen LogP contribution in [0.1, 0.15) is 11.1 Å². The van der Waals surface area contributed by atoms with Crippen molar-refractivity contribution in [3.8, 4) is 5.75 Å². The SMILES string of the molecule is COc1cccc(CN(Cc2ccc(N3CCOCC3)cc2)c2ccncc2)c1. The zero-order valence-corrected chi connectivity index (χ0v) is 16.8. The second-order valence-electron chi connectivity index (χ2n) is 7.18. The van der Waals surface area contributed by atoms with Crippen LogP contribution in [0.5, 0.6) is 5.75 Å². The number of nitrogens with zero attached hydrogens (tertiary/aromatic N) is 3. The van der Waals surface area contributed by atoms with Gasteiger partial charge in [-0.1, -0.05) is 24.3 Å². The van der Waals surface area contributed by atoms with Crippen LogP contribution in [0.3, 0.4) is 0 Å². The summed E-state index contributed by atoms with van der Waals surface area (Å²) in [5, 5.41) is 0. The molecule has 1 saturated heterocycles. The molecule has 1 aliphatic rings. The predicted molar refractivity (Wildman–Crippen MR) is 117 cm³/mol. The van der Waals surface area contributed by atoms with Crippen LogP contribution in [0.4, 0.5) is 11.4 Å². The Bertz CT molecular complexity index is 894. The monoisotopic (exact) mass is 389 g/mol. The van der Waals surface area contributed by atoms with Crippen molar-refractivity contribution in [3.63, 3.8) is 0 Å². The zero-order chi connectivity index (χ0) is 19.9. The van der Waals surface area contributed by atoms with Crippen molar-refractivity contribution in [3.05, 3.63) is 84.2 Å². The molecule has 5 nitrogen and oxygen atoms in total. The Hall–Kier alpha value is -3.05. The van der Waals surface area contributed by atoms with Crippen molar-refractivity contribution in [2.75, 3.05) is 43.2 Å². The van der Waals surface area contributed by atoms with Gasteiger partial charge in [0.15, 0.2) is 0 Å². The largest absolute Gasteiger partial charge is 0.497 e. The maximum absolute atomic E-state index is 5.46. The van der Waals surface area contributed by atoms with Gasteiger partial charge in [-0.15, -0.1) is 0 Å². The number of hydrogen-bond donors (Lipinski definition) is 0. The second kappa shape index (κ2) is 9.43. The molecule has 3 aromatic rings. The molecule has 0 bridgehead atoms. The molecule has 2 heterocycles. The minimum absolute atomic E-state index is 0.798. The van der Waals surface area contributed by atoms with Gasteiger partial charge < -0.3 is 19.3 Å². The lowest BCUT2D eigenvalue weighted by Gasteiger charge is -2.29. The lowest BCUT2D eigenvalue weighted by atomic mass is 10.1. The summed E-state index contributed by atoms with van der Waals surface area (Å²) >= 11 is 0. The second-order valence-corrected chi connectivity index (χ2v) is 7.18. The van der Waals surface area contributed by atoms with E-state index < -0.39 is 0 Å². The van der Waals surface area contributed by atoms with Gasteiger partial charge in [0.1, 0.15) is 5.75 Å². The van der Waals surface area contributed by atoms with E-state index in [9.17, 15) is 0 Å². The molecular weight excluding hydrogens is 362 g/mol. The number of pyridine rings is 1.